The maximum absolute atomic E-state index is 13.2. The minimum absolute atomic E-state index is 0.0841. The lowest BCUT2D eigenvalue weighted by Crippen LogP contribution is -2.54. The predicted molar refractivity (Wildman–Crippen MR) is 68.9 cm³/mol. The molecule has 98 valence electrons. The summed E-state index contributed by atoms with van der Waals surface area (Å²) in [5.74, 6) is 1.97. The van der Waals surface area contributed by atoms with Gasteiger partial charge in [-0.15, -0.1) is 0 Å². The van der Waals surface area contributed by atoms with E-state index in [0.29, 0.717) is 5.92 Å². The highest BCUT2D eigenvalue weighted by atomic mass is 19.1. The Bertz CT molecular complexity index is 466. The molecule has 3 heteroatoms. The number of fused-ring (bicyclic) bond motifs is 1. The van der Waals surface area contributed by atoms with Crippen molar-refractivity contribution in [1.82, 2.24) is 0 Å². The van der Waals surface area contributed by atoms with E-state index in [1.54, 1.807) is 6.07 Å². The number of benzene rings is 1. The standard InChI is InChI=1S/C15H20FNO/c1-9(2)10-6-15(7-10)8-13(17)12-5-11(16)3-4-14(12)18-15/h3-5,9-10,13H,6-8,17H2,1-2H3/t10?,13-,15?/m1/s1. The summed E-state index contributed by atoms with van der Waals surface area (Å²) in [5.41, 5.74) is 6.90. The first-order chi connectivity index (χ1) is 8.49. The second kappa shape index (κ2) is 3.95. The second-order valence-electron chi connectivity index (χ2n) is 6.19. The topological polar surface area (TPSA) is 35.2 Å². The van der Waals surface area contributed by atoms with Crippen LogP contribution in [0.3, 0.4) is 0 Å². The molecule has 0 aromatic heterocycles. The van der Waals surface area contributed by atoms with Crippen LogP contribution in [0.4, 0.5) is 4.39 Å². The highest BCUT2D eigenvalue weighted by Crippen LogP contribution is 2.52. The zero-order chi connectivity index (χ0) is 12.9. The Kier molecular flexibility index (Phi) is 2.63. The second-order valence-corrected chi connectivity index (χ2v) is 6.19. The molecule has 0 radical (unpaired) electrons. The van der Waals surface area contributed by atoms with Crippen molar-refractivity contribution in [2.75, 3.05) is 0 Å². The Balaban J connectivity index is 1.83. The van der Waals surface area contributed by atoms with Crippen LogP contribution in [0.2, 0.25) is 0 Å². The van der Waals surface area contributed by atoms with Crippen LogP contribution in [0.1, 0.15) is 44.7 Å². The van der Waals surface area contributed by atoms with Gasteiger partial charge in [0.1, 0.15) is 17.2 Å². The lowest BCUT2D eigenvalue weighted by Gasteiger charge is -2.52. The molecule has 0 amide bonds. The van der Waals surface area contributed by atoms with Crippen molar-refractivity contribution in [3.05, 3.63) is 29.6 Å². The molecule has 18 heavy (non-hydrogen) atoms. The molecule has 1 atom stereocenters. The smallest absolute Gasteiger partial charge is 0.125 e. The Morgan fingerprint density at radius 2 is 2.06 bits per heavy atom. The molecular formula is C15H20FNO. The number of halogens is 1. The van der Waals surface area contributed by atoms with Crippen LogP contribution in [-0.2, 0) is 0 Å². The third kappa shape index (κ3) is 1.81. The van der Waals surface area contributed by atoms with Crippen LogP contribution in [-0.4, -0.2) is 5.60 Å². The third-order valence-corrected chi connectivity index (χ3v) is 4.50. The van der Waals surface area contributed by atoms with Crippen molar-refractivity contribution < 1.29 is 9.13 Å². The van der Waals surface area contributed by atoms with Crippen molar-refractivity contribution in [1.29, 1.82) is 0 Å². The molecule has 2 N–H and O–H groups in total. The molecule has 1 fully saturated rings. The van der Waals surface area contributed by atoms with Gasteiger partial charge in [-0.2, -0.15) is 0 Å². The minimum atomic E-state index is -0.239. The lowest BCUT2D eigenvalue weighted by molar-refractivity contribution is -0.0846. The van der Waals surface area contributed by atoms with E-state index in [9.17, 15) is 4.39 Å². The number of hydrogen-bond acceptors (Lipinski definition) is 2. The lowest BCUT2D eigenvalue weighted by atomic mass is 9.62. The zero-order valence-electron chi connectivity index (χ0n) is 10.9. The molecule has 1 spiro atoms. The molecule has 1 aliphatic carbocycles. The fourth-order valence-electron chi connectivity index (χ4n) is 3.30. The first kappa shape index (κ1) is 12.0. The summed E-state index contributed by atoms with van der Waals surface area (Å²) < 4.78 is 19.3. The van der Waals surface area contributed by atoms with Crippen LogP contribution >= 0.6 is 0 Å². The molecule has 0 bridgehead atoms. The van der Waals surface area contributed by atoms with Crippen molar-refractivity contribution >= 4 is 0 Å². The summed E-state index contributed by atoms with van der Waals surface area (Å²) >= 11 is 0. The van der Waals surface area contributed by atoms with E-state index < -0.39 is 0 Å². The Morgan fingerprint density at radius 3 is 2.72 bits per heavy atom. The average Bonchev–Trinajstić information content (AvgIpc) is 2.26. The largest absolute Gasteiger partial charge is 0.487 e. The van der Waals surface area contributed by atoms with Crippen LogP contribution in [0.25, 0.3) is 0 Å². The highest BCUT2D eigenvalue weighted by molar-refractivity contribution is 5.39. The van der Waals surface area contributed by atoms with E-state index >= 15 is 0 Å². The van der Waals surface area contributed by atoms with Gasteiger partial charge < -0.3 is 10.5 Å². The van der Waals surface area contributed by atoms with Crippen LogP contribution in [0.5, 0.6) is 5.75 Å². The number of ether oxygens (including phenoxy) is 1. The normalized spacial score (nSPS) is 34.1. The Labute approximate surface area is 107 Å². The van der Waals surface area contributed by atoms with Gasteiger partial charge in [0.2, 0.25) is 0 Å². The highest BCUT2D eigenvalue weighted by Gasteiger charge is 2.50. The molecule has 1 heterocycles. The molecule has 1 aromatic rings. The van der Waals surface area contributed by atoms with Gasteiger partial charge in [0.15, 0.2) is 0 Å². The van der Waals surface area contributed by atoms with Crippen molar-refractivity contribution in [2.45, 2.75) is 44.8 Å². The fourth-order valence-corrected chi connectivity index (χ4v) is 3.30. The van der Waals surface area contributed by atoms with Crippen molar-refractivity contribution in [3.8, 4) is 5.75 Å². The average molecular weight is 249 g/mol. The molecule has 2 aliphatic rings. The van der Waals surface area contributed by atoms with E-state index in [1.165, 1.54) is 12.1 Å². The van der Waals surface area contributed by atoms with Gasteiger partial charge in [-0.1, -0.05) is 13.8 Å². The number of rotatable bonds is 1. The van der Waals surface area contributed by atoms with Gasteiger partial charge in [0.05, 0.1) is 0 Å². The third-order valence-electron chi connectivity index (χ3n) is 4.50. The summed E-state index contributed by atoms with van der Waals surface area (Å²) in [6.07, 6.45) is 2.97. The van der Waals surface area contributed by atoms with E-state index in [-0.39, 0.29) is 17.5 Å². The van der Waals surface area contributed by atoms with E-state index in [2.05, 4.69) is 13.8 Å². The fraction of sp³-hybridized carbons (Fsp3) is 0.600. The summed E-state index contributed by atoms with van der Waals surface area (Å²) in [6.45, 7) is 4.51. The van der Waals surface area contributed by atoms with Gasteiger partial charge in [0, 0.05) is 18.0 Å². The van der Waals surface area contributed by atoms with Crippen LogP contribution in [0, 0.1) is 17.7 Å². The number of hydrogen-bond donors (Lipinski definition) is 1. The zero-order valence-corrected chi connectivity index (χ0v) is 10.9. The van der Waals surface area contributed by atoms with E-state index in [4.69, 9.17) is 10.5 Å². The Hall–Kier alpha value is -1.09. The van der Waals surface area contributed by atoms with Crippen LogP contribution in [0.15, 0.2) is 18.2 Å². The van der Waals surface area contributed by atoms with Crippen molar-refractivity contribution in [3.63, 3.8) is 0 Å². The molecule has 0 saturated heterocycles. The molecule has 1 aliphatic heterocycles. The molecule has 3 rings (SSSR count). The monoisotopic (exact) mass is 249 g/mol. The summed E-state index contributed by atoms with van der Waals surface area (Å²) in [4.78, 5) is 0. The first-order valence-corrected chi connectivity index (χ1v) is 6.73. The van der Waals surface area contributed by atoms with Crippen molar-refractivity contribution in [2.24, 2.45) is 17.6 Å². The molecule has 1 saturated carbocycles. The molecule has 1 aromatic carbocycles. The predicted octanol–water partition coefficient (Wildman–Crippen LogP) is 3.41. The summed E-state index contributed by atoms with van der Waals surface area (Å²) in [5, 5.41) is 0. The maximum atomic E-state index is 13.2. The van der Waals surface area contributed by atoms with Gasteiger partial charge in [0.25, 0.3) is 0 Å². The van der Waals surface area contributed by atoms with Gasteiger partial charge in [-0.05, 0) is 42.9 Å². The Morgan fingerprint density at radius 1 is 1.33 bits per heavy atom. The SMILES string of the molecule is CC(C)C1CC2(C1)C[C@@H](N)c1cc(F)ccc1O2. The first-order valence-electron chi connectivity index (χ1n) is 6.73. The van der Waals surface area contributed by atoms with Gasteiger partial charge >= 0.3 is 0 Å². The molecule has 0 unspecified atom stereocenters. The quantitative estimate of drug-likeness (QED) is 0.827. The van der Waals surface area contributed by atoms with Gasteiger partial charge in [-0.25, -0.2) is 4.39 Å². The van der Waals surface area contributed by atoms with Crippen LogP contribution < -0.4 is 10.5 Å². The summed E-state index contributed by atoms with van der Waals surface area (Å²) in [7, 11) is 0. The van der Waals surface area contributed by atoms with E-state index in [0.717, 1.165) is 36.5 Å². The molecular weight excluding hydrogens is 229 g/mol. The minimum Gasteiger partial charge on any atom is -0.487 e. The summed E-state index contributed by atoms with van der Waals surface area (Å²) in [6, 6.07) is 4.57. The van der Waals surface area contributed by atoms with Gasteiger partial charge in [-0.3, -0.25) is 0 Å². The number of nitrogens with two attached hydrogens (primary N) is 1. The maximum Gasteiger partial charge on any atom is 0.125 e. The molecule has 2 nitrogen and oxygen atoms in total. The van der Waals surface area contributed by atoms with E-state index in [1.807, 2.05) is 0 Å².